The Morgan fingerprint density at radius 1 is 1.50 bits per heavy atom. The quantitative estimate of drug-likeness (QED) is 0.707. The van der Waals surface area contributed by atoms with Crippen LogP contribution in [0.25, 0.3) is 0 Å². The molecule has 0 aromatic carbocycles. The van der Waals surface area contributed by atoms with E-state index in [1.165, 1.54) is 23.1 Å². The number of furan rings is 1. The van der Waals surface area contributed by atoms with Crippen molar-refractivity contribution in [2.24, 2.45) is 0 Å². The minimum atomic E-state index is -0.0103. The summed E-state index contributed by atoms with van der Waals surface area (Å²) in [5.41, 5.74) is 1.66. The van der Waals surface area contributed by atoms with Gasteiger partial charge in [-0.15, -0.1) is 10.2 Å². The maximum Gasteiger partial charge on any atom is 0.230 e. The lowest BCUT2D eigenvalue weighted by molar-refractivity contribution is -0.118. The molecule has 1 unspecified atom stereocenters. The summed E-state index contributed by atoms with van der Waals surface area (Å²) in [6.07, 6.45) is 1.67. The van der Waals surface area contributed by atoms with Gasteiger partial charge < -0.3 is 9.73 Å². The fourth-order valence-corrected chi connectivity index (χ4v) is 3.49. The molecule has 0 saturated carbocycles. The largest absolute Gasteiger partial charge is 0.468 e. The number of amides is 1. The zero-order valence-corrected chi connectivity index (χ0v) is 14.3. The van der Waals surface area contributed by atoms with Crippen molar-refractivity contribution in [1.29, 1.82) is 0 Å². The molecule has 0 radical (unpaired) electrons. The van der Waals surface area contributed by atoms with Crippen molar-refractivity contribution in [3.8, 4) is 0 Å². The topological polar surface area (TPSA) is 71.3 Å². The number of carbonyl (C=O) groups is 1. The molecule has 0 bridgehead atoms. The van der Waals surface area contributed by atoms with E-state index in [2.05, 4.69) is 34.3 Å². The van der Waals surface area contributed by atoms with E-state index in [0.29, 0.717) is 12.3 Å². The van der Waals surface area contributed by atoms with E-state index >= 15 is 0 Å². The van der Waals surface area contributed by atoms with Gasteiger partial charge in [-0.05, 0) is 25.2 Å². The van der Waals surface area contributed by atoms with Gasteiger partial charge in [-0.25, -0.2) is 0 Å². The molecule has 8 heteroatoms. The molecule has 1 N–H and O–H groups in total. The summed E-state index contributed by atoms with van der Waals surface area (Å²) in [6.45, 7) is 6.54. The second kappa shape index (κ2) is 8.92. The SMILES string of the molecule is CCN(CC)C(CNC(=O)CSc1nncs1)c1ccco1. The summed E-state index contributed by atoms with van der Waals surface area (Å²) in [6, 6.07) is 3.88. The Bertz CT molecular complexity index is 541. The summed E-state index contributed by atoms with van der Waals surface area (Å²) in [4.78, 5) is 14.2. The number of likely N-dealkylation sites (N-methyl/N-ethyl adjacent to an activating group) is 1. The van der Waals surface area contributed by atoms with Crippen molar-refractivity contribution >= 4 is 29.0 Å². The summed E-state index contributed by atoms with van der Waals surface area (Å²) in [5.74, 6) is 1.21. The van der Waals surface area contributed by atoms with Crippen molar-refractivity contribution < 1.29 is 9.21 Å². The van der Waals surface area contributed by atoms with Crippen molar-refractivity contribution in [1.82, 2.24) is 20.4 Å². The number of carbonyl (C=O) groups excluding carboxylic acids is 1. The van der Waals surface area contributed by atoms with Crippen LogP contribution < -0.4 is 5.32 Å². The van der Waals surface area contributed by atoms with Gasteiger partial charge in [0, 0.05) is 6.54 Å². The molecular formula is C14H20N4O2S2. The highest BCUT2D eigenvalue weighted by Crippen LogP contribution is 2.21. The Kier molecular flexibility index (Phi) is 6.88. The number of rotatable bonds is 9. The molecule has 0 spiro atoms. The van der Waals surface area contributed by atoms with Gasteiger partial charge in [0.15, 0.2) is 4.34 Å². The molecule has 1 atom stereocenters. The van der Waals surface area contributed by atoms with Gasteiger partial charge in [-0.3, -0.25) is 9.69 Å². The molecule has 0 fully saturated rings. The Balaban J connectivity index is 1.86. The van der Waals surface area contributed by atoms with Crippen molar-refractivity contribution in [2.75, 3.05) is 25.4 Å². The van der Waals surface area contributed by atoms with Gasteiger partial charge in [0.05, 0.1) is 18.1 Å². The lowest BCUT2D eigenvalue weighted by atomic mass is 10.2. The highest BCUT2D eigenvalue weighted by atomic mass is 32.2. The number of aromatic nitrogens is 2. The van der Waals surface area contributed by atoms with Gasteiger partial charge >= 0.3 is 0 Å². The predicted molar refractivity (Wildman–Crippen MR) is 88.0 cm³/mol. The third-order valence-electron chi connectivity index (χ3n) is 3.28. The van der Waals surface area contributed by atoms with Crippen LogP contribution in [0.4, 0.5) is 0 Å². The minimum Gasteiger partial charge on any atom is -0.468 e. The van der Waals surface area contributed by atoms with Crippen molar-refractivity contribution in [2.45, 2.75) is 24.2 Å². The molecule has 0 aliphatic heterocycles. The third kappa shape index (κ3) is 4.82. The average Bonchev–Trinajstić information content (AvgIpc) is 3.22. The average molecular weight is 340 g/mol. The molecule has 2 aromatic rings. The Morgan fingerprint density at radius 2 is 2.32 bits per heavy atom. The van der Waals surface area contributed by atoms with E-state index in [0.717, 1.165) is 23.2 Å². The van der Waals surface area contributed by atoms with Crippen molar-refractivity contribution in [3.05, 3.63) is 29.7 Å². The zero-order valence-electron chi connectivity index (χ0n) is 12.7. The van der Waals surface area contributed by atoms with Crippen LogP contribution in [0.2, 0.25) is 0 Å². The summed E-state index contributed by atoms with van der Waals surface area (Å²) in [7, 11) is 0. The minimum absolute atomic E-state index is 0.0103. The van der Waals surface area contributed by atoms with Gasteiger partial charge in [-0.1, -0.05) is 36.9 Å². The first-order valence-corrected chi connectivity index (χ1v) is 9.04. The molecule has 2 rings (SSSR count). The summed E-state index contributed by atoms with van der Waals surface area (Å²) >= 11 is 2.84. The molecule has 0 aliphatic rings. The molecule has 6 nitrogen and oxygen atoms in total. The number of nitrogens with one attached hydrogen (secondary N) is 1. The molecule has 2 heterocycles. The molecule has 0 aliphatic carbocycles. The van der Waals surface area contributed by atoms with Crippen LogP contribution in [0.5, 0.6) is 0 Å². The molecular weight excluding hydrogens is 320 g/mol. The standard InChI is InChI=1S/C14H20N4O2S2/c1-3-18(4-2)11(12-6-5-7-20-12)8-15-13(19)9-21-14-17-16-10-22-14/h5-7,10-11H,3-4,8-9H2,1-2H3,(H,15,19). The maximum absolute atomic E-state index is 12.0. The summed E-state index contributed by atoms with van der Waals surface area (Å²) in [5, 5.41) is 10.6. The number of hydrogen-bond donors (Lipinski definition) is 1. The fraction of sp³-hybridized carbons (Fsp3) is 0.500. The van der Waals surface area contributed by atoms with E-state index in [4.69, 9.17) is 4.42 Å². The molecule has 1 amide bonds. The first-order chi connectivity index (χ1) is 10.7. The predicted octanol–water partition coefficient (Wildman–Crippen LogP) is 2.42. The highest BCUT2D eigenvalue weighted by molar-refractivity contribution is 8.01. The monoisotopic (exact) mass is 340 g/mol. The highest BCUT2D eigenvalue weighted by Gasteiger charge is 2.21. The van der Waals surface area contributed by atoms with Gasteiger partial charge in [-0.2, -0.15) is 0 Å². The maximum atomic E-state index is 12.0. The lowest BCUT2D eigenvalue weighted by Gasteiger charge is -2.28. The first kappa shape index (κ1) is 17.0. The van der Waals surface area contributed by atoms with Crippen LogP contribution in [-0.2, 0) is 4.79 Å². The lowest BCUT2D eigenvalue weighted by Crippen LogP contribution is -2.38. The van der Waals surface area contributed by atoms with Crippen LogP contribution in [0.15, 0.2) is 32.7 Å². The number of thioether (sulfide) groups is 1. The van der Waals surface area contributed by atoms with Gasteiger partial charge in [0.2, 0.25) is 5.91 Å². The molecule has 0 saturated heterocycles. The second-order valence-corrected chi connectivity index (χ2v) is 6.61. The van der Waals surface area contributed by atoms with Crippen LogP contribution in [0.3, 0.4) is 0 Å². The smallest absolute Gasteiger partial charge is 0.230 e. The van der Waals surface area contributed by atoms with E-state index < -0.39 is 0 Å². The molecule has 120 valence electrons. The Hall–Kier alpha value is -1.38. The normalized spacial score (nSPS) is 12.5. The number of nitrogens with zero attached hydrogens (tertiary/aromatic N) is 3. The molecule has 2 aromatic heterocycles. The van der Waals surface area contributed by atoms with Crippen molar-refractivity contribution in [3.63, 3.8) is 0 Å². The van der Waals surface area contributed by atoms with Crippen LogP contribution in [0.1, 0.15) is 25.6 Å². The van der Waals surface area contributed by atoms with Gasteiger partial charge in [0.1, 0.15) is 11.3 Å². The fourth-order valence-electron chi connectivity index (χ4n) is 2.17. The first-order valence-electron chi connectivity index (χ1n) is 7.17. The van der Waals surface area contributed by atoms with E-state index in [-0.39, 0.29) is 11.9 Å². The second-order valence-electron chi connectivity index (χ2n) is 4.55. The molecule has 22 heavy (non-hydrogen) atoms. The van der Waals surface area contributed by atoms with E-state index in [1.807, 2.05) is 12.1 Å². The van der Waals surface area contributed by atoms with Crippen LogP contribution in [0, 0.1) is 0 Å². The Labute approximate surface area is 138 Å². The summed E-state index contributed by atoms with van der Waals surface area (Å²) < 4.78 is 6.32. The third-order valence-corrected chi connectivity index (χ3v) is 5.14. The van der Waals surface area contributed by atoms with E-state index in [1.54, 1.807) is 11.8 Å². The zero-order chi connectivity index (χ0) is 15.8. The number of hydrogen-bond acceptors (Lipinski definition) is 7. The van der Waals surface area contributed by atoms with E-state index in [9.17, 15) is 4.79 Å². The van der Waals surface area contributed by atoms with Crippen LogP contribution in [-0.4, -0.2) is 46.4 Å². The van der Waals surface area contributed by atoms with Crippen LogP contribution >= 0.6 is 23.1 Å². The Morgan fingerprint density at radius 3 is 2.91 bits per heavy atom. The van der Waals surface area contributed by atoms with Gasteiger partial charge in [0.25, 0.3) is 0 Å².